The molecule has 0 fully saturated rings. The van der Waals surface area contributed by atoms with E-state index in [1.807, 2.05) is 44.2 Å². The van der Waals surface area contributed by atoms with Crippen molar-refractivity contribution in [1.82, 2.24) is 4.98 Å². The molecule has 1 aromatic heterocycles. The largest absolute Gasteiger partial charge is 0.479 e. The average molecular weight is 415 g/mol. The normalized spacial score (nSPS) is 12.4. The van der Waals surface area contributed by atoms with Crippen LogP contribution in [0.25, 0.3) is 0 Å². The van der Waals surface area contributed by atoms with Gasteiger partial charge in [-0.2, -0.15) is 5.26 Å². The van der Waals surface area contributed by atoms with Crippen LogP contribution in [0.1, 0.15) is 42.5 Å². The smallest absolute Gasteiger partial charge is 0.334 e. The van der Waals surface area contributed by atoms with Crippen LogP contribution in [0.15, 0.2) is 67.0 Å². The lowest BCUT2D eigenvalue weighted by Crippen LogP contribution is -2.43. The zero-order chi connectivity index (χ0) is 22.3. The van der Waals surface area contributed by atoms with Gasteiger partial charge in [0.25, 0.3) is 0 Å². The van der Waals surface area contributed by atoms with Gasteiger partial charge in [0.1, 0.15) is 0 Å². The number of nitriles is 1. The number of benzene rings is 2. The SMILES string of the molecule is CCc1cc(NCc2cccnc2)cc(C(CC)(Nc2ccc(C#N)cc2)C(=O)O)c1. The van der Waals surface area contributed by atoms with Crippen LogP contribution in [0.5, 0.6) is 0 Å². The van der Waals surface area contributed by atoms with Crippen LogP contribution in [-0.4, -0.2) is 16.1 Å². The second-order valence-electron chi connectivity index (χ2n) is 7.37. The summed E-state index contributed by atoms with van der Waals surface area (Å²) in [5.74, 6) is -0.953. The van der Waals surface area contributed by atoms with E-state index in [-0.39, 0.29) is 0 Å². The number of carboxylic acid groups (broad SMARTS) is 1. The fourth-order valence-electron chi connectivity index (χ4n) is 3.52. The Morgan fingerprint density at radius 3 is 2.45 bits per heavy atom. The maximum absolute atomic E-state index is 12.5. The van der Waals surface area contributed by atoms with Crippen LogP contribution in [0.3, 0.4) is 0 Å². The highest BCUT2D eigenvalue weighted by Crippen LogP contribution is 2.33. The topological polar surface area (TPSA) is 98.0 Å². The third-order valence-corrected chi connectivity index (χ3v) is 5.38. The molecule has 31 heavy (non-hydrogen) atoms. The fourth-order valence-corrected chi connectivity index (χ4v) is 3.52. The number of aryl methyl sites for hydroxylation is 1. The van der Waals surface area contributed by atoms with Crippen LogP contribution in [-0.2, 0) is 23.3 Å². The second kappa shape index (κ2) is 9.77. The van der Waals surface area contributed by atoms with Gasteiger partial charge < -0.3 is 15.7 Å². The Labute approximate surface area is 182 Å². The Bertz CT molecular complexity index is 1070. The summed E-state index contributed by atoms with van der Waals surface area (Å²) in [5, 5.41) is 25.9. The molecular formula is C25H26N4O2. The number of anilines is 2. The number of nitrogens with zero attached hydrogens (tertiary/aromatic N) is 2. The van der Waals surface area contributed by atoms with Crippen molar-refractivity contribution in [2.45, 2.75) is 38.8 Å². The molecule has 1 atom stereocenters. The maximum Gasteiger partial charge on any atom is 0.334 e. The summed E-state index contributed by atoms with van der Waals surface area (Å²) in [4.78, 5) is 16.7. The number of hydrogen-bond acceptors (Lipinski definition) is 5. The lowest BCUT2D eigenvalue weighted by atomic mass is 9.85. The molecule has 0 aliphatic rings. The average Bonchev–Trinajstić information content (AvgIpc) is 2.81. The van der Waals surface area contributed by atoms with Crippen molar-refractivity contribution in [2.75, 3.05) is 10.6 Å². The summed E-state index contributed by atoms with van der Waals surface area (Å²) >= 11 is 0. The fraction of sp³-hybridized carbons (Fsp3) is 0.240. The molecule has 6 nitrogen and oxygen atoms in total. The van der Waals surface area contributed by atoms with E-state index in [9.17, 15) is 9.90 Å². The van der Waals surface area contributed by atoms with Gasteiger partial charge in [-0.05, 0) is 72.0 Å². The van der Waals surface area contributed by atoms with Crippen molar-refractivity contribution in [3.05, 3.63) is 89.2 Å². The molecule has 0 aliphatic carbocycles. The molecule has 0 saturated carbocycles. The summed E-state index contributed by atoms with van der Waals surface area (Å²) in [7, 11) is 0. The van der Waals surface area contributed by atoms with Crippen LogP contribution < -0.4 is 10.6 Å². The summed E-state index contributed by atoms with van der Waals surface area (Å²) < 4.78 is 0. The van der Waals surface area contributed by atoms with Gasteiger partial charge in [0.15, 0.2) is 5.54 Å². The number of aliphatic carboxylic acids is 1. The minimum atomic E-state index is -1.30. The minimum Gasteiger partial charge on any atom is -0.479 e. The molecule has 0 aliphatic heterocycles. The molecule has 2 aromatic carbocycles. The molecule has 1 unspecified atom stereocenters. The first-order valence-corrected chi connectivity index (χ1v) is 10.3. The van der Waals surface area contributed by atoms with Crippen molar-refractivity contribution in [3.8, 4) is 6.07 Å². The molecular weight excluding hydrogens is 388 g/mol. The Morgan fingerprint density at radius 1 is 1.10 bits per heavy atom. The summed E-state index contributed by atoms with van der Waals surface area (Å²) in [6.07, 6.45) is 4.66. The van der Waals surface area contributed by atoms with E-state index < -0.39 is 11.5 Å². The first kappa shape index (κ1) is 21.8. The van der Waals surface area contributed by atoms with Crippen LogP contribution in [0.4, 0.5) is 11.4 Å². The highest BCUT2D eigenvalue weighted by atomic mass is 16.4. The van der Waals surface area contributed by atoms with Crippen molar-refractivity contribution in [1.29, 1.82) is 5.26 Å². The van der Waals surface area contributed by atoms with Gasteiger partial charge >= 0.3 is 5.97 Å². The Kier molecular flexibility index (Phi) is 6.88. The third-order valence-electron chi connectivity index (χ3n) is 5.38. The standard InChI is InChI=1S/C25H26N4O2/c1-3-18-12-21(14-23(13-18)28-17-20-6-5-11-27-16-20)25(4-2,24(30)31)29-22-9-7-19(15-26)8-10-22/h5-14,16,28-29H,3-4,17H2,1-2H3,(H,30,31). The molecule has 0 bridgehead atoms. The lowest BCUT2D eigenvalue weighted by molar-refractivity contribution is -0.142. The molecule has 1 heterocycles. The number of aromatic nitrogens is 1. The maximum atomic E-state index is 12.5. The zero-order valence-corrected chi connectivity index (χ0v) is 17.7. The van der Waals surface area contributed by atoms with E-state index in [0.717, 1.165) is 23.2 Å². The van der Waals surface area contributed by atoms with Crippen molar-refractivity contribution >= 4 is 17.3 Å². The summed E-state index contributed by atoms with van der Waals surface area (Å²) in [6.45, 7) is 4.49. The van der Waals surface area contributed by atoms with E-state index in [1.165, 1.54) is 0 Å². The number of nitrogens with one attached hydrogen (secondary N) is 2. The molecule has 3 N–H and O–H groups in total. The molecule has 0 amide bonds. The first-order valence-electron chi connectivity index (χ1n) is 10.3. The molecule has 3 rings (SSSR count). The van der Waals surface area contributed by atoms with E-state index in [4.69, 9.17) is 5.26 Å². The van der Waals surface area contributed by atoms with Gasteiger partial charge in [0.05, 0.1) is 11.6 Å². The van der Waals surface area contributed by atoms with E-state index in [0.29, 0.717) is 29.8 Å². The van der Waals surface area contributed by atoms with Crippen molar-refractivity contribution < 1.29 is 9.90 Å². The van der Waals surface area contributed by atoms with Gasteiger partial charge in [0.2, 0.25) is 0 Å². The third kappa shape index (κ3) is 5.01. The Hall–Kier alpha value is -3.85. The van der Waals surface area contributed by atoms with Crippen molar-refractivity contribution in [2.24, 2.45) is 0 Å². The monoisotopic (exact) mass is 414 g/mol. The predicted molar refractivity (Wildman–Crippen MR) is 122 cm³/mol. The zero-order valence-electron chi connectivity index (χ0n) is 17.7. The van der Waals surface area contributed by atoms with Gasteiger partial charge in [-0.25, -0.2) is 4.79 Å². The predicted octanol–water partition coefficient (Wildman–Crippen LogP) is 4.93. The number of carbonyl (C=O) groups is 1. The van der Waals surface area contributed by atoms with E-state index in [1.54, 1.807) is 36.7 Å². The second-order valence-corrected chi connectivity index (χ2v) is 7.37. The number of carboxylic acids is 1. The number of rotatable bonds is 9. The first-order chi connectivity index (χ1) is 15.0. The van der Waals surface area contributed by atoms with Crippen LogP contribution in [0.2, 0.25) is 0 Å². The minimum absolute atomic E-state index is 0.345. The molecule has 0 saturated heterocycles. The van der Waals surface area contributed by atoms with Crippen LogP contribution in [0, 0.1) is 11.3 Å². The molecule has 0 radical (unpaired) electrons. The van der Waals surface area contributed by atoms with Gasteiger partial charge in [-0.1, -0.05) is 26.0 Å². The number of pyridine rings is 1. The number of hydrogen-bond donors (Lipinski definition) is 3. The molecule has 158 valence electrons. The summed E-state index contributed by atoms with van der Waals surface area (Å²) in [6, 6.07) is 18.7. The van der Waals surface area contributed by atoms with Gasteiger partial charge in [-0.3, -0.25) is 4.98 Å². The van der Waals surface area contributed by atoms with Crippen molar-refractivity contribution in [3.63, 3.8) is 0 Å². The van der Waals surface area contributed by atoms with E-state index in [2.05, 4.69) is 21.7 Å². The lowest BCUT2D eigenvalue weighted by Gasteiger charge is -2.32. The van der Waals surface area contributed by atoms with Gasteiger partial charge in [-0.15, -0.1) is 0 Å². The highest BCUT2D eigenvalue weighted by Gasteiger charge is 2.39. The summed E-state index contributed by atoms with van der Waals surface area (Å²) in [5.41, 5.74) is 3.50. The highest BCUT2D eigenvalue weighted by molar-refractivity contribution is 5.85. The Balaban J connectivity index is 1.97. The van der Waals surface area contributed by atoms with Crippen LogP contribution >= 0.6 is 0 Å². The Morgan fingerprint density at radius 2 is 1.87 bits per heavy atom. The molecule has 3 aromatic rings. The molecule has 6 heteroatoms. The van der Waals surface area contributed by atoms with Gasteiger partial charge in [0, 0.05) is 30.3 Å². The van der Waals surface area contributed by atoms with E-state index >= 15 is 0 Å². The molecule has 0 spiro atoms. The quantitative estimate of drug-likeness (QED) is 0.459.